The number of nitrogens with one attached hydrogen (secondary N) is 2. The van der Waals surface area contributed by atoms with Crippen LogP contribution in [-0.4, -0.2) is 30.0 Å². The molecule has 20 heavy (non-hydrogen) atoms. The average Bonchev–Trinajstić information content (AvgIpc) is 2.39. The highest BCUT2D eigenvalue weighted by Crippen LogP contribution is 2.23. The molecule has 0 bridgehead atoms. The monoisotopic (exact) mass is 299 g/mol. The average molecular weight is 300 g/mol. The quantitative estimate of drug-likeness (QED) is 0.658. The van der Waals surface area contributed by atoms with Crippen LogP contribution in [0.1, 0.15) is 28.8 Å². The number of hydrogen-bond donors (Lipinski definition) is 2. The van der Waals surface area contributed by atoms with Gasteiger partial charge in [-0.25, -0.2) is 0 Å². The number of carbonyl (C=O) groups excluding carboxylic acids is 1. The fourth-order valence-electron chi connectivity index (χ4n) is 2.32. The Balaban J connectivity index is 0.00000200. The standard InChI is InChI=1S/C13H17N3O3.ClH/c1-9-4-2-6-11(12(9)16(18)19)13(17)15-10-5-3-7-14-8-10;/h2,4,6,10,14H,3,5,7-8H2,1H3,(H,15,17);1H/t10-;/m0./s1. The van der Waals surface area contributed by atoms with Gasteiger partial charge in [-0.3, -0.25) is 14.9 Å². The third-order valence-corrected chi connectivity index (χ3v) is 3.30. The number of aryl methyl sites for hydroxylation is 1. The van der Waals surface area contributed by atoms with E-state index >= 15 is 0 Å². The Bertz CT molecular complexity index is 502. The number of piperidine rings is 1. The van der Waals surface area contributed by atoms with Crippen molar-refractivity contribution in [1.82, 2.24) is 10.6 Å². The molecular formula is C13H18ClN3O3. The molecule has 0 aromatic heterocycles. The minimum absolute atomic E-state index is 0. The summed E-state index contributed by atoms with van der Waals surface area (Å²) in [5, 5.41) is 17.1. The van der Waals surface area contributed by atoms with E-state index in [1.807, 2.05) is 0 Å². The van der Waals surface area contributed by atoms with Gasteiger partial charge in [0.2, 0.25) is 0 Å². The highest BCUT2D eigenvalue weighted by Gasteiger charge is 2.24. The van der Waals surface area contributed by atoms with Crippen molar-refractivity contribution < 1.29 is 9.72 Å². The lowest BCUT2D eigenvalue weighted by atomic mass is 10.0. The Hall–Kier alpha value is -1.66. The summed E-state index contributed by atoms with van der Waals surface area (Å²) >= 11 is 0. The summed E-state index contributed by atoms with van der Waals surface area (Å²) in [5.41, 5.74) is 0.527. The molecule has 6 nitrogen and oxygen atoms in total. The van der Waals surface area contributed by atoms with E-state index in [4.69, 9.17) is 0 Å². The Kier molecular flexibility index (Phi) is 5.91. The Morgan fingerprint density at radius 2 is 2.25 bits per heavy atom. The number of para-hydroxylation sites is 1. The molecular weight excluding hydrogens is 282 g/mol. The van der Waals surface area contributed by atoms with Crippen LogP contribution in [0.25, 0.3) is 0 Å². The molecule has 1 heterocycles. The number of rotatable bonds is 3. The second-order valence-corrected chi connectivity index (χ2v) is 4.74. The van der Waals surface area contributed by atoms with Gasteiger partial charge in [-0.05, 0) is 32.4 Å². The summed E-state index contributed by atoms with van der Waals surface area (Å²) in [6.45, 7) is 3.30. The predicted molar refractivity (Wildman–Crippen MR) is 78.4 cm³/mol. The maximum Gasteiger partial charge on any atom is 0.285 e. The molecule has 2 rings (SSSR count). The first kappa shape index (κ1) is 16.4. The van der Waals surface area contributed by atoms with E-state index in [2.05, 4.69) is 10.6 Å². The van der Waals surface area contributed by atoms with E-state index < -0.39 is 4.92 Å². The summed E-state index contributed by atoms with van der Waals surface area (Å²) in [7, 11) is 0. The van der Waals surface area contributed by atoms with E-state index in [1.54, 1.807) is 19.1 Å². The fourth-order valence-corrected chi connectivity index (χ4v) is 2.32. The van der Waals surface area contributed by atoms with Gasteiger partial charge in [0.15, 0.2) is 0 Å². The van der Waals surface area contributed by atoms with E-state index in [1.165, 1.54) is 6.07 Å². The molecule has 1 aliphatic rings. The molecule has 7 heteroatoms. The summed E-state index contributed by atoms with van der Waals surface area (Å²) in [6.07, 6.45) is 1.90. The molecule has 1 atom stereocenters. The third-order valence-electron chi connectivity index (χ3n) is 3.30. The van der Waals surface area contributed by atoms with E-state index in [0.717, 1.165) is 19.4 Å². The van der Waals surface area contributed by atoms with Gasteiger partial charge in [0.1, 0.15) is 5.56 Å². The van der Waals surface area contributed by atoms with Gasteiger partial charge in [0.05, 0.1) is 4.92 Å². The van der Waals surface area contributed by atoms with E-state index in [9.17, 15) is 14.9 Å². The van der Waals surface area contributed by atoms with E-state index in [0.29, 0.717) is 12.1 Å². The molecule has 1 saturated heterocycles. The molecule has 1 aromatic carbocycles. The third kappa shape index (κ3) is 3.68. The predicted octanol–water partition coefficient (Wildman–Crippen LogP) is 1.81. The van der Waals surface area contributed by atoms with Crippen LogP contribution in [0.5, 0.6) is 0 Å². The van der Waals surface area contributed by atoms with Crippen molar-refractivity contribution in [2.45, 2.75) is 25.8 Å². The smallest absolute Gasteiger partial charge is 0.285 e. The van der Waals surface area contributed by atoms with Gasteiger partial charge in [-0.1, -0.05) is 12.1 Å². The molecule has 0 radical (unpaired) electrons. The largest absolute Gasteiger partial charge is 0.348 e. The highest BCUT2D eigenvalue weighted by molar-refractivity contribution is 5.98. The van der Waals surface area contributed by atoms with E-state index in [-0.39, 0.29) is 35.6 Å². The normalized spacial score (nSPS) is 17.9. The van der Waals surface area contributed by atoms with Crippen LogP contribution in [-0.2, 0) is 0 Å². The van der Waals surface area contributed by atoms with Crippen LogP contribution in [0.2, 0.25) is 0 Å². The molecule has 1 aromatic rings. The Labute approximate surface area is 123 Å². The minimum Gasteiger partial charge on any atom is -0.348 e. The summed E-state index contributed by atoms with van der Waals surface area (Å²) < 4.78 is 0. The van der Waals surface area contributed by atoms with Crippen LogP contribution in [0.15, 0.2) is 18.2 Å². The summed E-state index contributed by atoms with van der Waals surface area (Å²) in [6, 6.07) is 4.84. The minimum atomic E-state index is -0.497. The van der Waals surface area contributed by atoms with Gasteiger partial charge in [-0.15, -0.1) is 12.4 Å². The van der Waals surface area contributed by atoms with Crippen molar-refractivity contribution >= 4 is 24.0 Å². The summed E-state index contributed by atoms with van der Waals surface area (Å²) in [5.74, 6) is -0.371. The first-order valence-electron chi connectivity index (χ1n) is 6.35. The number of hydrogen-bond acceptors (Lipinski definition) is 4. The molecule has 0 aliphatic carbocycles. The van der Waals surface area contributed by atoms with Crippen LogP contribution in [0, 0.1) is 17.0 Å². The molecule has 0 spiro atoms. The number of nitro benzene ring substituents is 1. The zero-order chi connectivity index (χ0) is 13.8. The second-order valence-electron chi connectivity index (χ2n) is 4.74. The van der Waals surface area contributed by atoms with Gasteiger partial charge in [0.25, 0.3) is 11.6 Å². The number of nitro groups is 1. The molecule has 110 valence electrons. The van der Waals surface area contributed by atoms with Gasteiger partial charge in [-0.2, -0.15) is 0 Å². The van der Waals surface area contributed by atoms with Crippen LogP contribution >= 0.6 is 12.4 Å². The van der Waals surface area contributed by atoms with Crippen molar-refractivity contribution in [2.75, 3.05) is 13.1 Å². The molecule has 1 amide bonds. The van der Waals surface area contributed by atoms with Gasteiger partial charge in [0, 0.05) is 18.2 Å². The second kappa shape index (κ2) is 7.21. The number of nitrogens with zero attached hydrogens (tertiary/aromatic N) is 1. The molecule has 1 aliphatic heterocycles. The number of halogens is 1. The fraction of sp³-hybridized carbons (Fsp3) is 0.462. The zero-order valence-electron chi connectivity index (χ0n) is 11.2. The van der Waals surface area contributed by atoms with Crippen LogP contribution in [0.4, 0.5) is 5.69 Å². The Morgan fingerprint density at radius 3 is 2.85 bits per heavy atom. The lowest BCUT2D eigenvalue weighted by Crippen LogP contribution is -2.45. The molecule has 2 N–H and O–H groups in total. The lowest BCUT2D eigenvalue weighted by molar-refractivity contribution is -0.385. The van der Waals surface area contributed by atoms with Crippen molar-refractivity contribution in [3.8, 4) is 0 Å². The number of amides is 1. The number of benzene rings is 1. The topological polar surface area (TPSA) is 84.3 Å². The maximum atomic E-state index is 12.1. The van der Waals surface area contributed by atoms with Crippen LogP contribution < -0.4 is 10.6 Å². The summed E-state index contributed by atoms with van der Waals surface area (Å²) in [4.78, 5) is 22.7. The number of carbonyl (C=O) groups is 1. The molecule has 1 fully saturated rings. The molecule has 0 unspecified atom stereocenters. The lowest BCUT2D eigenvalue weighted by Gasteiger charge is -2.23. The van der Waals surface area contributed by atoms with Crippen molar-refractivity contribution in [1.29, 1.82) is 0 Å². The van der Waals surface area contributed by atoms with Crippen molar-refractivity contribution in [3.63, 3.8) is 0 Å². The maximum absolute atomic E-state index is 12.1. The first-order valence-corrected chi connectivity index (χ1v) is 6.35. The highest BCUT2D eigenvalue weighted by atomic mass is 35.5. The van der Waals surface area contributed by atoms with Crippen molar-refractivity contribution in [3.05, 3.63) is 39.4 Å². The van der Waals surface area contributed by atoms with Gasteiger partial charge < -0.3 is 10.6 Å². The Morgan fingerprint density at radius 1 is 1.50 bits per heavy atom. The first-order chi connectivity index (χ1) is 9.09. The molecule has 0 saturated carbocycles. The van der Waals surface area contributed by atoms with Crippen LogP contribution in [0.3, 0.4) is 0 Å². The van der Waals surface area contributed by atoms with Gasteiger partial charge >= 0.3 is 0 Å². The zero-order valence-corrected chi connectivity index (χ0v) is 12.0. The van der Waals surface area contributed by atoms with Crippen molar-refractivity contribution in [2.24, 2.45) is 0 Å². The SMILES string of the molecule is Cc1cccc(C(=O)N[C@H]2CCCNC2)c1[N+](=O)[O-].Cl.